The molecule has 0 saturated heterocycles. The first-order chi connectivity index (χ1) is 11.7. The number of ether oxygens (including phenoxy) is 1. The Morgan fingerprint density at radius 2 is 1.84 bits per heavy atom. The Morgan fingerprint density at radius 3 is 2.36 bits per heavy atom. The van der Waals surface area contributed by atoms with E-state index in [1.54, 1.807) is 0 Å². The normalized spacial score (nSPS) is 13.0. The van der Waals surface area contributed by atoms with E-state index in [0.717, 1.165) is 9.13 Å². The van der Waals surface area contributed by atoms with E-state index in [-0.39, 0.29) is 17.7 Å². The molecule has 0 aliphatic carbocycles. The molecule has 2 atom stereocenters. The maximum atomic E-state index is 12.6. The molecule has 2 N–H and O–H groups in total. The van der Waals surface area contributed by atoms with Crippen molar-refractivity contribution >= 4 is 40.4 Å². The van der Waals surface area contributed by atoms with Crippen molar-refractivity contribution in [3.05, 3.63) is 33.4 Å². The quantitative estimate of drug-likeness (QED) is 0.460. The summed E-state index contributed by atoms with van der Waals surface area (Å²) in [5.41, 5.74) is 0.919. The van der Waals surface area contributed by atoms with Crippen LogP contribution in [0.5, 0.6) is 0 Å². The summed E-state index contributed by atoms with van der Waals surface area (Å²) in [4.78, 5) is 36.0. The molecule has 1 aromatic rings. The second kappa shape index (κ2) is 10.4. The van der Waals surface area contributed by atoms with E-state index >= 15 is 0 Å². The van der Waals surface area contributed by atoms with Gasteiger partial charge in [-0.2, -0.15) is 0 Å². The molecule has 0 unspecified atom stereocenters. The van der Waals surface area contributed by atoms with Crippen LogP contribution in [0.3, 0.4) is 0 Å². The van der Waals surface area contributed by atoms with Crippen LogP contribution in [-0.4, -0.2) is 37.0 Å². The van der Waals surface area contributed by atoms with E-state index in [1.807, 2.05) is 38.1 Å². The van der Waals surface area contributed by atoms with Gasteiger partial charge in [0.2, 0.25) is 11.8 Å². The molecular formula is C18H25IN2O4. The van der Waals surface area contributed by atoms with Crippen LogP contribution >= 0.6 is 22.6 Å². The van der Waals surface area contributed by atoms with E-state index in [9.17, 15) is 14.4 Å². The molecule has 7 heteroatoms. The number of esters is 1. The summed E-state index contributed by atoms with van der Waals surface area (Å²) in [6.45, 7) is 5.29. The second-order valence-corrected chi connectivity index (χ2v) is 7.55. The van der Waals surface area contributed by atoms with Gasteiger partial charge in [0.05, 0.1) is 7.11 Å². The first-order valence-corrected chi connectivity index (χ1v) is 9.20. The fourth-order valence-electron chi connectivity index (χ4n) is 2.46. The number of benzene rings is 1. The van der Waals surface area contributed by atoms with Gasteiger partial charge in [0, 0.05) is 16.9 Å². The van der Waals surface area contributed by atoms with Crippen molar-refractivity contribution in [1.82, 2.24) is 10.6 Å². The summed E-state index contributed by atoms with van der Waals surface area (Å²) in [6, 6.07) is 6.20. The Morgan fingerprint density at radius 1 is 1.16 bits per heavy atom. The molecule has 1 aromatic carbocycles. The Kier molecular flexibility index (Phi) is 8.88. The largest absolute Gasteiger partial charge is 0.467 e. The summed E-state index contributed by atoms with van der Waals surface area (Å²) >= 11 is 2.19. The average Bonchev–Trinajstić information content (AvgIpc) is 2.52. The third kappa shape index (κ3) is 7.85. The zero-order valence-electron chi connectivity index (χ0n) is 15.0. The van der Waals surface area contributed by atoms with Crippen molar-refractivity contribution in [3.63, 3.8) is 0 Å². The van der Waals surface area contributed by atoms with Crippen molar-refractivity contribution in [2.24, 2.45) is 5.92 Å². The van der Waals surface area contributed by atoms with Crippen LogP contribution in [0.1, 0.15) is 32.8 Å². The average molecular weight is 460 g/mol. The number of methoxy groups -OCH3 is 1. The lowest BCUT2D eigenvalue weighted by molar-refractivity contribution is -0.145. The molecule has 25 heavy (non-hydrogen) atoms. The molecule has 0 aromatic heterocycles. The van der Waals surface area contributed by atoms with Gasteiger partial charge in [-0.1, -0.05) is 26.0 Å². The maximum absolute atomic E-state index is 12.6. The topological polar surface area (TPSA) is 84.5 Å². The summed E-state index contributed by atoms with van der Waals surface area (Å²) in [5, 5.41) is 5.36. The van der Waals surface area contributed by atoms with E-state index in [1.165, 1.54) is 14.0 Å². The summed E-state index contributed by atoms with van der Waals surface area (Å²) in [6.07, 6.45) is 0.812. The molecule has 0 saturated carbocycles. The Bertz CT molecular complexity index is 619. The first kappa shape index (κ1) is 21.4. The minimum atomic E-state index is -0.806. The Hall–Kier alpha value is -1.64. The van der Waals surface area contributed by atoms with Gasteiger partial charge in [-0.05, 0) is 52.6 Å². The van der Waals surface area contributed by atoms with Crippen molar-refractivity contribution in [1.29, 1.82) is 0 Å². The van der Waals surface area contributed by atoms with Crippen molar-refractivity contribution in [3.8, 4) is 0 Å². The Balaban J connectivity index is 2.89. The number of carbonyl (C=O) groups is 3. The smallest absolute Gasteiger partial charge is 0.328 e. The fourth-order valence-corrected chi connectivity index (χ4v) is 3.06. The van der Waals surface area contributed by atoms with Gasteiger partial charge < -0.3 is 15.4 Å². The molecule has 0 heterocycles. The van der Waals surface area contributed by atoms with Gasteiger partial charge in [-0.15, -0.1) is 0 Å². The van der Waals surface area contributed by atoms with Gasteiger partial charge in [0.1, 0.15) is 12.1 Å². The lowest BCUT2D eigenvalue weighted by atomic mass is 10.0. The lowest BCUT2D eigenvalue weighted by Crippen LogP contribution is -2.52. The molecule has 0 spiro atoms. The molecular weight excluding hydrogens is 435 g/mol. The molecule has 0 radical (unpaired) electrons. The van der Waals surface area contributed by atoms with Crippen LogP contribution in [0.25, 0.3) is 0 Å². The van der Waals surface area contributed by atoms with Crippen LogP contribution in [-0.2, 0) is 25.5 Å². The number of amides is 2. The van der Waals surface area contributed by atoms with Crippen molar-refractivity contribution in [2.45, 2.75) is 45.7 Å². The zero-order valence-corrected chi connectivity index (χ0v) is 17.1. The number of rotatable bonds is 8. The van der Waals surface area contributed by atoms with Gasteiger partial charge in [-0.25, -0.2) is 4.79 Å². The minimum Gasteiger partial charge on any atom is -0.467 e. The molecule has 0 fully saturated rings. The highest BCUT2D eigenvalue weighted by molar-refractivity contribution is 14.1. The minimum absolute atomic E-state index is 0.217. The second-order valence-electron chi connectivity index (χ2n) is 6.30. The molecule has 1 rings (SSSR count). The van der Waals surface area contributed by atoms with Gasteiger partial charge >= 0.3 is 5.97 Å². The van der Waals surface area contributed by atoms with Crippen LogP contribution in [0.4, 0.5) is 0 Å². The monoisotopic (exact) mass is 460 g/mol. The number of nitrogens with one attached hydrogen (secondary N) is 2. The predicted octanol–water partition coefficient (Wildman–Crippen LogP) is 2.04. The lowest BCUT2D eigenvalue weighted by Gasteiger charge is -2.23. The van der Waals surface area contributed by atoms with Crippen molar-refractivity contribution < 1.29 is 19.1 Å². The van der Waals surface area contributed by atoms with Crippen LogP contribution in [0.2, 0.25) is 0 Å². The van der Waals surface area contributed by atoms with Crippen LogP contribution in [0.15, 0.2) is 24.3 Å². The maximum Gasteiger partial charge on any atom is 0.328 e. The summed E-state index contributed by atoms with van der Waals surface area (Å²) in [7, 11) is 1.29. The van der Waals surface area contributed by atoms with Gasteiger partial charge in [0.15, 0.2) is 0 Å². The van der Waals surface area contributed by atoms with E-state index < -0.39 is 18.1 Å². The first-order valence-electron chi connectivity index (χ1n) is 8.12. The highest BCUT2D eigenvalue weighted by Gasteiger charge is 2.27. The number of carbonyl (C=O) groups excluding carboxylic acids is 3. The third-order valence-corrected chi connectivity index (χ3v) is 4.20. The number of hydrogen-bond acceptors (Lipinski definition) is 4. The molecule has 0 aliphatic rings. The molecule has 138 valence electrons. The zero-order chi connectivity index (χ0) is 19.0. The fraction of sp³-hybridized carbons (Fsp3) is 0.500. The van der Waals surface area contributed by atoms with Crippen LogP contribution < -0.4 is 10.6 Å². The predicted molar refractivity (Wildman–Crippen MR) is 104 cm³/mol. The molecule has 0 bridgehead atoms. The summed E-state index contributed by atoms with van der Waals surface area (Å²) in [5.74, 6) is -0.967. The molecule has 0 aliphatic heterocycles. The summed E-state index contributed by atoms with van der Waals surface area (Å²) < 4.78 is 5.86. The van der Waals surface area contributed by atoms with Gasteiger partial charge in [-0.3, -0.25) is 9.59 Å². The number of halogens is 1. The number of hydrogen-bond donors (Lipinski definition) is 2. The highest BCUT2D eigenvalue weighted by Crippen LogP contribution is 2.11. The Labute approximate surface area is 162 Å². The van der Waals surface area contributed by atoms with Gasteiger partial charge in [0.25, 0.3) is 0 Å². The third-order valence-electron chi connectivity index (χ3n) is 3.53. The van der Waals surface area contributed by atoms with E-state index in [0.29, 0.717) is 12.8 Å². The van der Waals surface area contributed by atoms with Crippen LogP contribution in [0, 0.1) is 9.49 Å². The standard InChI is InChI=1S/C18H25IN2O4/c1-11(2)8-15(20-12(3)22)17(23)21-16(18(24)25-4)10-13-6-5-7-14(19)9-13/h5-7,9,11,15-16H,8,10H2,1-4H3,(H,20,22)(H,21,23)/t15-,16-/m0/s1. The van der Waals surface area contributed by atoms with Crippen molar-refractivity contribution in [2.75, 3.05) is 7.11 Å². The van der Waals surface area contributed by atoms with E-state index in [2.05, 4.69) is 33.2 Å². The molecule has 2 amide bonds. The highest BCUT2D eigenvalue weighted by atomic mass is 127. The van der Waals surface area contributed by atoms with E-state index in [4.69, 9.17) is 4.74 Å². The SMILES string of the molecule is COC(=O)[C@H](Cc1cccc(I)c1)NC(=O)[C@H](CC(C)C)NC(C)=O. The molecule has 6 nitrogen and oxygen atoms in total.